The predicted molar refractivity (Wildman–Crippen MR) is 77.4 cm³/mol. The smallest absolute Gasteiger partial charge is 0.0703 e. The second kappa shape index (κ2) is 7.06. The van der Waals surface area contributed by atoms with Gasteiger partial charge in [0.15, 0.2) is 0 Å². The zero-order valence-corrected chi connectivity index (χ0v) is 12.4. The van der Waals surface area contributed by atoms with Crippen LogP contribution in [-0.4, -0.2) is 35.6 Å². The Labute approximate surface area is 116 Å². The number of ether oxygens (including phenoxy) is 1. The Morgan fingerprint density at radius 2 is 2.21 bits per heavy atom. The minimum atomic E-state index is 0.214. The van der Waals surface area contributed by atoms with Gasteiger partial charge in [-0.15, -0.1) is 0 Å². The van der Waals surface area contributed by atoms with Crippen molar-refractivity contribution in [2.24, 2.45) is 0 Å². The van der Waals surface area contributed by atoms with Gasteiger partial charge in [-0.05, 0) is 39.8 Å². The molecule has 1 fully saturated rings. The standard InChI is InChI=1S/C15H27N3O/c1-4-19-12(2)15(16-3)11-13-9-10-18(17-13)14-7-5-6-8-14/h9-10,12,14-16H,4-8,11H2,1-3H3. The number of hydrogen-bond donors (Lipinski definition) is 1. The molecule has 19 heavy (non-hydrogen) atoms. The number of aromatic nitrogens is 2. The van der Waals surface area contributed by atoms with Crippen LogP contribution in [0.3, 0.4) is 0 Å². The third-order valence-corrected chi connectivity index (χ3v) is 4.16. The highest BCUT2D eigenvalue weighted by Gasteiger charge is 2.20. The molecule has 1 aromatic heterocycles. The number of hydrogen-bond acceptors (Lipinski definition) is 3. The molecule has 4 heteroatoms. The largest absolute Gasteiger partial charge is 0.377 e. The molecule has 2 unspecified atom stereocenters. The van der Waals surface area contributed by atoms with E-state index < -0.39 is 0 Å². The van der Waals surface area contributed by atoms with Gasteiger partial charge in [-0.2, -0.15) is 5.10 Å². The van der Waals surface area contributed by atoms with Crippen molar-refractivity contribution in [1.82, 2.24) is 15.1 Å². The fourth-order valence-electron chi connectivity index (χ4n) is 2.97. The Kier molecular flexibility index (Phi) is 5.40. The minimum Gasteiger partial charge on any atom is -0.377 e. The maximum Gasteiger partial charge on any atom is 0.0703 e. The summed E-state index contributed by atoms with van der Waals surface area (Å²) in [6.07, 6.45) is 8.55. The van der Waals surface area contributed by atoms with E-state index in [0.29, 0.717) is 12.1 Å². The molecule has 1 aliphatic carbocycles. The lowest BCUT2D eigenvalue weighted by molar-refractivity contribution is 0.0494. The molecular weight excluding hydrogens is 238 g/mol. The van der Waals surface area contributed by atoms with E-state index >= 15 is 0 Å². The summed E-state index contributed by atoms with van der Waals surface area (Å²) in [4.78, 5) is 0. The van der Waals surface area contributed by atoms with E-state index in [1.54, 1.807) is 0 Å². The van der Waals surface area contributed by atoms with Crippen molar-refractivity contribution < 1.29 is 4.74 Å². The maximum atomic E-state index is 5.68. The molecule has 0 aromatic carbocycles. The van der Waals surface area contributed by atoms with E-state index in [2.05, 4.69) is 29.2 Å². The highest BCUT2D eigenvalue weighted by Crippen LogP contribution is 2.28. The molecule has 0 radical (unpaired) electrons. The lowest BCUT2D eigenvalue weighted by Gasteiger charge is -2.22. The molecular formula is C15H27N3O. The molecule has 0 spiro atoms. The van der Waals surface area contributed by atoms with E-state index in [1.165, 1.54) is 25.7 Å². The molecule has 1 heterocycles. The fraction of sp³-hybridized carbons (Fsp3) is 0.800. The van der Waals surface area contributed by atoms with Crippen molar-refractivity contribution >= 4 is 0 Å². The highest BCUT2D eigenvalue weighted by atomic mass is 16.5. The second-order valence-electron chi connectivity index (χ2n) is 5.49. The monoisotopic (exact) mass is 265 g/mol. The quantitative estimate of drug-likeness (QED) is 0.823. The lowest BCUT2D eigenvalue weighted by atomic mass is 10.1. The van der Waals surface area contributed by atoms with Crippen LogP contribution < -0.4 is 5.32 Å². The third kappa shape index (κ3) is 3.80. The van der Waals surface area contributed by atoms with E-state index in [-0.39, 0.29) is 6.10 Å². The number of likely N-dealkylation sites (N-methyl/N-ethyl adjacent to an activating group) is 1. The molecule has 1 N–H and O–H groups in total. The van der Waals surface area contributed by atoms with Crippen LogP contribution in [0.15, 0.2) is 12.3 Å². The summed E-state index contributed by atoms with van der Waals surface area (Å²) in [5.74, 6) is 0. The number of rotatable bonds is 7. The Balaban J connectivity index is 1.93. The molecule has 1 saturated carbocycles. The minimum absolute atomic E-state index is 0.214. The van der Waals surface area contributed by atoms with Crippen LogP contribution in [0.25, 0.3) is 0 Å². The molecule has 1 aromatic rings. The molecule has 0 aliphatic heterocycles. The van der Waals surface area contributed by atoms with Gasteiger partial charge >= 0.3 is 0 Å². The maximum absolute atomic E-state index is 5.68. The first-order chi connectivity index (χ1) is 9.24. The van der Waals surface area contributed by atoms with Gasteiger partial charge in [0.05, 0.1) is 17.8 Å². The SMILES string of the molecule is CCOC(C)C(Cc1ccn(C2CCCC2)n1)NC. The highest BCUT2D eigenvalue weighted by molar-refractivity contribution is 5.03. The van der Waals surface area contributed by atoms with Crippen LogP contribution in [0.4, 0.5) is 0 Å². The molecule has 4 nitrogen and oxygen atoms in total. The Bertz CT molecular complexity index is 371. The predicted octanol–water partition coefficient (Wildman–Crippen LogP) is 2.55. The van der Waals surface area contributed by atoms with Crippen molar-refractivity contribution in [2.75, 3.05) is 13.7 Å². The van der Waals surface area contributed by atoms with Gasteiger partial charge < -0.3 is 10.1 Å². The summed E-state index contributed by atoms with van der Waals surface area (Å²) in [5.41, 5.74) is 1.16. The zero-order valence-electron chi connectivity index (χ0n) is 12.4. The van der Waals surface area contributed by atoms with Crippen LogP contribution >= 0.6 is 0 Å². The Morgan fingerprint density at radius 3 is 2.84 bits per heavy atom. The summed E-state index contributed by atoms with van der Waals surface area (Å²) >= 11 is 0. The van der Waals surface area contributed by atoms with Gasteiger partial charge in [-0.1, -0.05) is 12.8 Å². The van der Waals surface area contributed by atoms with Crippen molar-refractivity contribution in [3.8, 4) is 0 Å². The lowest BCUT2D eigenvalue weighted by Crippen LogP contribution is -2.39. The summed E-state index contributed by atoms with van der Waals surface area (Å²) in [6.45, 7) is 4.92. The average Bonchev–Trinajstić information content (AvgIpc) is 3.06. The summed E-state index contributed by atoms with van der Waals surface area (Å²) in [5, 5.41) is 8.08. The average molecular weight is 265 g/mol. The van der Waals surface area contributed by atoms with Crippen LogP contribution in [0.5, 0.6) is 0 Å². The van der Waals surface area contributed by atoms with Gasteiger partial charge in [0, 0.05) is 25.3 Å². The van der Waals surface area contributed by atoms with Crippen LogP contribution in [-0.2, 0) is 11.2 Å². The number of nitrogens with one attached hydrogen (secondary N) is 1. The first kappa shape index (κ1) is 14.5. The van der Waals surface area contributed by atoms with Gasteiger partial charge in [0.1, 0.15) is 0 Å². The van der Waals surface area contributed by atoms with Gasteiger partial charge in [0.25, 0.3) is 0 Å². The molecule has 1 aliphatic rings. The second-order valence-corrected chi connectivity index (χ2v) is 5.49. The summed E-state index contributed by atoms with van der Waals surface area (Å²) in [7, 11) is 1.99. The normalized spacial score (nSPS) is 19.7. The zero-order chi connectivity index (χ0) is 13.7. The Morgan fingerprint density at radius 1 is 1.47 bits per heavy atom. The van der Waals surface area contributed by atoms with Crippen molar-refractivity contribution in [1.29, 1.82) is 0 Å². The molecule has 0 saturated heterocycles. The van der Waals surface area contributed by atoms with Crippen molar-refractivity contribution in [3.63, 3.8) is 0 Å². The molecule has 2 rings (SSSR count). The Hall–Kier alpha value is -0.870. The van der Waals surface area contributed by atoms with Crippen LogP contribution in [0.1, 0.15) is 51.3 Å². The fourth-order valence-corrected chi connectivity index (χ4v) is 2.97. The summed E-state index contributed by atoms with van der Waals surface area (Å²) < 4.78 is 7.84. The van der Waals surface area contributed by atoms with E-state index in [0.717, 1.165) is 18.7 Å². The molecule has 2 atom stereocenters. The topological polar surface area (TPSA) is 39.1 Å². The van der Waals surface area contributed by atoms with E-state index in [9.17, 15) is 0 Å². The van der Waals surface area contributed by atoms with Crippen molar-refractivity contribution in [2.45, 2.75) is 64.1 Å². The van der Waals surface area contributed by atoms with Gasteiger partial charge in [-0.25, -0.2) is 0 Å². The molecule has 108 valence electrons. The first-order valence-electron chi connectivity index (χ1n) is 7.57. The summed E-state index contributed by atoms with van der Waals surface area (Å²) in [6, 6.07) is 3.11. The molecule has 0 amide bonds. The van der Waals surface area contributed by atoms with E-state index in [1.807, 2.05) is 14.0 Å². The van der Waals surface area contributed by atoms with Gasteiger partial charge in [-0.3, -0.25) is 4.68 Å². The van der Waals surface area contributed by atoms with Gasteiger partial charge in [0.2, 0.25) is 0 Å². The van der Waals surface area contributed by atoms with E-state index in [4.69, 9.17) is 9.84 Å². The third-order valence-electron chi connectivity index (χ3n) is 4.16. The van der Waals surface area contributed by atoms with Crippen LogP contribution in [0.2, 0.25) is 0 Å². The number of nitrogens with zero attached hydrogens (tertiary/aromatic N) is 2. The van der Waals surface area contributed by atoms with Crippen molar-refractivity contribution in [3.05, 3.63) is 18.0 Å². The molecule has 0 bridgehead atoms. The van der Waals surface area contributed by atoms with Crippen LogP contribution in [0, 0.1) is 0 Å². The first-order valence-corrected chi connectivity index (χ1v) is 7.57.